The highest BCUT2D eigenvalue weighted by atomic mass is 35.5. The number of amides is 1. The van der Waals surface area contributed by atoms with Crippen LogP contribution in [0.15, 0.2) is 23.1 Å². The second-order valence-corrected chi connectivity index (χ2v) is 6.89. The van der Waals surface area contributed by atoms with Crippen LogP contribution in [0.1, 0.15) is 0 Å². The third kappa shape index (κ3) is 3.22. The van der Waals surface area contributed by atoms with Crippen LogP contribution in [0.3, 0.4) is 0 Å². The molecule has 1 aliphatic heterocycles. The fraction of sp³-hybridized carbons (Fsp3) is 0.417. The number of benzene rings is 1. The van der Waals surface area contributed by atoms with Crippen molar-refractivity contribution in [2.45, 2.75) is 4.90 Å². The van der Waals surface area contributed by atoms with Gasteiger partial charge in [-0.2, -0.15) is 4.31 Å². The van der Waals surface area contributed by atoms with Crippen molar-refractivity contribution in [1.29, 1.82) is 0 Å². The standard InChI is InChI=1S/C12H16ClN3O4S/c1-20-12(17)15-4-6-16(7-5-15)21(18,19)11-3-2-9(13)8-10(11)14/h2-3,8H,4-7,14H2,1H3. The Hall–Kier alpha value is -1.51. The molecule has 116 valence electrons. The van der Waals surface area contributed by atoms with E-state index >= 15 is 0 Å². The molecule has 21 heavy (non-hydrogen) atoms. The average molecular weight is 334 g/mol. The number of methoxy groups -OCH3 is 1. The Morgan fingerprint density at radius 1 is 1.29 bits per heavy atom. The van der Waals surface area contributed by atoms with Gasteiger partial charge < -0.3 is 15.4 Å². The van der Waals surface area contributed by atoms with Gasteiger partial charge in [0.15, 0.2) is 0 Å². The van der Waals surface area contributed by atoms with E-state index in [-0.39, 0.29) is 36.8 Å². The lowest BCUT2D eigenvalue weighted by atomic mass is 10.3. The van der Waals surface area contributed by atoms with Crippen LogP contribution in [0.2, 0.25) is 5.02 Å². The molecular weight excluding hydrogens is 318 g/mol. The molecule has 1 fully saturated rings. The van der Waals surface area contributed by atoms with Gasteiger partial charge in [0.25, 0.3) is 0 Å². The Balaban J connectivity index is 2.17. The van der Waals surface area contributed by atoms with Crippen LogP contribution in [-0.4, -0.2) is 57.0 Å². The van der Waals surface area contributed by atoms with Gasteiger partial charge in [0, 0.05) is 31.2 Å². The molecule has 1 aliphatic rings. The summed E-state index contributed by atoms with van der Waals surface area (Å²) in [5, 5.41) is 0.377. The van der Waals surface area contributed by atoms with E-state index in [1.165, 1.54) is 34.5 Å². The average Bonchev–Trinajstić information content (AvgIpc) is 2.46. The largest absolute Gasteiger partial charge is 0.453 e. The molecule has 0 unspecified atom stereocenters. The van der Waals surface area contributed by atoms with E-state index in [0.717, 1.165) is 0 Å². The SMILES string of the molecule is COC(=O)N1CCN(S(=O)(=O)c2ccc(Cl)cc2N)CC1. The van der Waals surface area contributed by atoms with Crippen LogP contribution in [-0.2, 0) is 14.8 Å². The summed E-state index contributed by atoms with van der Waals surface area (Å²) in [5.41, 5.74) is 5.85. The molecule has 0 aliphatic carbocycles. The van der Waals surface area contributed by atoms with Crippen LogP contribution >= 0.6 is 11.6 Å². The van der Waals surface area contributed by atoms with Crippen LogP contribution in [0.25, 0.3) is 0 Å². The maximum Gasteiger partial charge on any atom is 0.409 e. The molecule has 7 nitrogen and oxygen atoms in total. The third-order valence-electron chi connectivity index (χ3n) is 3.26. The van der Waals surface area contributed by atoms with Crippen molar-refractivity contribution < 1.29 is 17.9 Å². The third-order valence-corrected chi connectivity index (χ3v) is 5.47. The number of piperazine rings is 1. The number of anilines is 1. The fourth-order valence-corrected chi connectivity index (χ4v) is 3.83. The lowest BCUT2D eigenvalue weighted by Gasteiger charge is -2.33. The van der Waals surface area contributed by atoms with Crippen molar-refractivity contribution in [3.8, 4) is 0 Å². The van der Waals surface area contributed by atoms with E-state index in [1.807, 2.05) is 0 Å². The minimum absolute atomic E-state index is 0.0263. The zero-order valence-electron chi connectivity index (χ0n) is 11.5. The molecule has 0 aromatic heterocycles. The molecule has 1 heterocycles. The summed E-state index contributed by atoms with van der Waals surface area (Å²) in [4.78, 5) is 12.9. The first-order valence-electron chi connectivity index (χ1n) is 6.24. The monoisotopic (exact) mass is 333 g/mol. The van der Waals surface area contributed by atoms with Crippen LogP contribution in [0, 0.1) is 0 Å². The number of sulfonamides is 1. The number of halogens is 1. The number of nitrogen functional groups attached to an aromatic ring is 1. The van der Waals surface area contributed by atoms with E-state index in [4.69, 9.17) is 17.3 Å². The van der Waals surface area contributed by atoms with Crippen molar-refractivity contribution in [3.05, 3.63) is 23.2 Å². The Morgan fingerprint density at radius 2 is 1.90 bits per heavy atom. The molecule has 0 saturated carbocycles. The van der Waals surface area contributed by atoms with Gasteiger partial charge in [0.05, 0.1) is 12.8 Å². The van der Waals surface area contributed by atoms with Gasteiger partial charge in [-0.05, 0) is 18.2 Å². The van der Waals surface area contributed by atoms with E-state index in [0.29, 0.717) is 5.02 Å². The fourth-order valence-electron chi connectivity index (χ4n) is 2.13. The maximum atomic E-state index is 12.5. The first-order valence-corrected chi connectivity index (χ1v) is 8.06. The maximum absolute atomic E-state index is 12.5. The highest BCUT2D eigenvalue weighted by Crippen LogP contribution is 2.26. The summed E-state index contributed by atoms with van der Waals surface area (Å²) in [7, 11) is -2.40. The minimum atomic E-state index is -3.69. The van der Waals surface area contributed by atoms with Crippen LogP contribution in [0.5, 0.6) is 0 Å². The molecular formula is C12H16ClN3O4S. The van der Waals surface area contributed by atoms with Crippen LogP contribution in [0.4, 0.5) is 10.5 Å². The predicted molar refractivity (Wildman–Crippen MR) is 78.6 cm³/mol. The molecule has 0 spiro atoms. The Labute approximate surface area is 128 Å². The molecule has 9 heteroatoms. The van der Waals surface area contributed by atoms with Crippen molar-refractivity contribution in [2.75, 3.05) is 39.0 Å². The second-order valence-electron chi connectivity index (χ2n) is 4.54. The topological polar surface area (TPSA) is 92.9 Å². The number of carbonyl (C=O) groups is 1. The van der Waals surface area contributed by atoms with Crippen molar-refractivity contribution in [1.82, 2.24) is 9.21 Å². The van der Waals surface area contributed by atoms with Crippen LogP contribution < -0.4 is 5.73 Å². The first kappa shape index (κ1) is 15.9. The summed E-state index contributed by atoms with van der Waals surface area (Å²) in [6.45, 7) is 0.942. The molecule has 1 aromatic rings. The second kappa shape index (κ2) is 6.08. The number of nitrogens with zero attached hydrogens (tertiary/aromatic N) is 2. The van der Waals surface area contributed by atoms with E-state index in [1.54, 1.807) is 0 Å². The lowest BCUT2D eigenvalue weighted by Crippen LogP contribution is -2.50. The highest BCUT2D eigenvalue weighted by molar-refractivity contribution is 7.89. The predicted octanol–water partition coefficient (Wildman–Crippen LogP) is 0.995. The number of rotatable bonds is 2. The normalized spacial score (nSPS) is 16.8. The highest BCUT2D eigenvalue weighted by Gasteiger charge is 2.31. The quantitative estimate of drug-likeness (QED) is 0.815. The Kier molecular flexibility index (Phi) is 4.60. The van der Waals surface area contributed by atoms with Gasteiger partial charge in [-0.25, -0.2) is 13.2 Å². The van der Waals surface area contributed by atoms with E-state index < -0.39 is 16.1 Å². The number of carbonyl (C=O) groups excluding carboxylic acids is 1. The molecule has 2 rings (SSSR count). The van der Waals surface area contributed by atoms with Gasteiger partial charge >= 0.3 is 6.09 Å². The van der Waals surface area contributed by atoms with Gasteiger partial charge in [-0.15, -0.1) is 0 Å². The summed E-state index contributed by atoms with van der Waals surface area (Å²) < 4.78 is 31.0. The number of ether oxygens (including phenoxy) is 1. The Bertz CT molecular complexity index is 642. The van der Waals surface area contributed by atoms with Gasteiger partial charge in [-0.3, -0.25) is 0 Å². The zero-order chi connectivity index (χ0) is 15.6. The van der Waals surface area contributed by atoms with Gasteiger partial charge in [-0.1, -0.05) is 11.6 Å². The van der Waals surface area contributed by atoms with Crippen molar-refractivity contribution >= 4 is 33.4 Å². The van der Waals surface area contributed by atoms with Crippen molar-refractivity contribution in [3.63, 3.8) is 0 Å². The zero-order valence-corrected chi connectivity index (χ0v) is 13.0. The number of nitrogens with two attached hydrogens (primary N) is 1. The van der Waals surface area contributed by atoms with E-state index in [9.17, 15) is 13.2 Å². The van der Waals surface area contributed by atoms with Crippen molar-refractivity contribution in [2.24, 2.45) is 0 Å². The molecule has 0 bridgehead atoms. The van der Waals surface area contributed by atoms with E-state index in [2.05, 4.69) is 4.74 Å². The summed E-state index contributed by atoms with van der Waals surface area (Å²) in [6, 6.07) is 4.27. The lowest BCUT2D eigenvalue weighted by molar-refractivity contribution is 0.108. The molecule has 0 radical (unpaired) electrons. The molecule has 1 aromatic carbocycles. The smallest absolute Gasteiger partial charge is 0.409 e. The molecule has 1 saturated heterocycles. The summed E-state index contributed by atoms with van der Waals surface area (Å²) in [5.74, 6) is 0. The first-order chi connectivity index (χ1) is 9.86. The number of hydrogen-bond donors (Lipinski definition) is 1. The molecule has 0 atom stereocenters. The Morgan fingerprint density at radius 3 is 2.43 bits per heavy atom. The van der Waals surface area contributed by atoms with Gasteiger partial charge in [0.1, 0.15) is 4.90 Å². The minimum Gasteiger partial charge on any atom is -0.453 e. The van der Waals surface area contributed by atoms with Gasteiger partial charge in [0.2, 0.25) is 10.0 Å². The summed E-state index contributed by atoms with van der Waals surface area (Å²) >= 11 is 5.78. The number of hydrogen-bond acceptors (Lipinski definition) is 5. The summed E-state index contributed by atoms with van der Waals surface area (Å²) in [6.07, 6.45) is -0.460. The molecule has 2 N–H and O–H groups in total. The molecule has 1 amide bonds.